The number of hydrogen-bond acceptors (Lipinski definition) is 3. The van der Waals surface area contributed by atoms with E-state index in [-0.39, 0.29) is 17.5 Å². The molecule has 1 atom stereocenters. The molecule has 2 N–H and O–H groups in total. The average molecular weight is 263 g/mol. The first kappa shape index (κ1) is 12.1. The summed E-state index contributed by atoms with van der Waals surface area (Å²) in [4.78, 5) is 19.1. The predicted octanol–water partition coefficient (Wildman–Crippen LogP) is 1.61. The highest BCUT2D eigenvalue weighted by atomic mass is 19.1. The highest BCUT2D eigenvalue weighted by molar-refractivity contribution is 6.04. The Balaban J connectivity index is 1.86. The third-order valence-corrected chi connectivity index (χ3v) is 3.23. The van der Waals surface area contributed by atoms with E-state index in [1.54, 1.807) is 0 Å². The lowest BCUT2D eigenvalue weighted by Gasteiger charge is -2.23. The highest BCUT2D eigenvalue weighted by Crippen LogP contribution is 2.18. The molecule has 2 aromatic rings. The minimum absolute atomic E-state index is 0.0153. The first-order valence-electron chi connectivity index (χ1n) is 6.25. The Morgan fingerprint density at radius 3 is 3.21 bits per heavy atom. The second-order valence-corrected chi connectivity index (χ2v) is 4.64. The molecule has 1 aliphatic rings. The van der Waals surface area contributed by atoms with Crippen LogP contribution in [0.2, 0.25) is 0 Å². The summed E-state index contributed by atoms with van der Waals surface area (Å²) in [6.07, 6.45) is 3.25. The standard InChI is InChI=1S/C13H14FN3O2/c14-8-4-10(12-11(5-8)15-7-16-12)13(18)17-9-2-1-3-19-6-9/h4-5,7,9H,1-3,6H2,(H,15,16)(H,17,18)/t9-/m1/s1. The summed E-state index contributed by atoms with van der Waals surface area (Å²) in [6, 6.07) is 2.52. The Morgan fingerprint density at radius 1 is 1.53 bits per heavy atom. The summed E-state index contributed by atoms with van der Waals surface area (Å²) in [5.74, 6) is -0.770. The van der Waals surface area contributed by atoms with Gasteiger partial charge in [-0.3, -0.25) is 4.79 Å². The van der Waals surface area contributed by atoms with Crippen LogP contribution in [0.5, 0.6) is 0 Å². The normalized spacial score (nSPS) is 19.5. The molecule has 0 radical (unpaired) electrons. The summed E-state index contributed by atoms with van der Waals surface area (Å²) >= 11 is 0. The molecule has 3 rings (SSSR count). The van der Waals surface area contributed by atoms with Crippen LogP contribution in [0.3, 0.4) is 0 Å². The van der Waals surface area contributed by atoms with Crippen molar-refractivity contribution in [1.29, 1.82) is 0 Å². The molecule has 5 nitrogen and oxygen atoms in total. The fourth-order valence-corrected chi connectivity index (χ4v) is 2.31. The van der Waals surface area contributed by atoms with Crippen molar-refractivity contribution < 1.29 is 13.9 Å². The average Bonchev–Trinajstić information content (AvgIpc) is 2.86. The third kappa shape index (κ3) is 2.44. The van der Waals surface area contributed by atoms with Crippen molar-refractivity contribution in [1.82, 2.24) is 15.3 Å². The topological polar surface area (TPSA) is 67.0 Å². The van der Waals surface area contributed by atoms with E-state index in [2.05, 4.69) is 15.3 Å². The van der Waals surface area contributed by atoms with Crippen molar-refractivity contribution in [3.05, 3.63) is 29.8 Å². The molecule has 0 bridgehead atoms. The van der Waals surface area contributed by atoms with Gasteiger partial charge in [0.25, 0.3) is 5.91 Å². The summed E-state index contributed by atoms with van der Waals surface area (Å²) in [7, 11) is 0. The third-order valence-electron chi connectivity index (χ3n) is 3.23. The first-order valence-corrected chi connectivity index (χ1v) is 6.25. The van der Waals surface area contributed by atoms with E-state index in [9.17, 15) is 9.18 Å². The van der Waals surface area contributed by atoms with Gasteiger partial charge in [-0.05, 0) is 25.0 Å². The number of fused-ring (bicyclic) bond motifs is 1. The molecule has 0 spiro atoms. The zero-order valence-corrected chi connectivity index (χ0v) is 10.3. The van der Waals surface area contributed by atoms with Crippen LogP contribution in [0.25, 0.3) is 11.0 Å². The molecular weight excluding hydrogens is 249 g/mol. The van der Waals surface area contributed by atoms with Gasteiger partial charge in [0.05, 0.1) is 30.1 Å². The number of nitrogens with one attached hydrogen (secondary N) is 2. The number of H-pyrrole nitrogens is 1. The van der Waals surface area contributed by atoms with Gasteiger partial charge in [0.15, 0.2) is 0 Å². The number of hydrogen-bond donors (Lipinski definition) is 2. The molecule has 1 aromatic heterocycles. The number of aromatic nitrogens is 2. The quantitative estimate of drug-likeness (QED) is 0.865. The summed E-state index contributed by atoms with van der Waals surface area (Å²) in [5.41, 5.74) is 1.25. The molecule has 0 saturated carbocycles. The smallest absolute Gasteiger partial charge is 0.253 e. The fourth-order valence-electron chi connectivity index (χ4n) is 2.31. The number of nitrogens with zero attached hydrogens (tertiary/aromatic N) is 1. The molecule has 100 valence electrons. The largest absolute Gasteiger partial charge is 0.379 e. The van der Waals surface area contributed by atoms with Crippen molar-refractivity contribution in [3.8, 4) is 0 Å². The molecule has 6 heteroatoms. The zero-order valence-electron chi connectivity index (χ0n) is 10.3. The van der Waals surface area contributed by atoms with Crippen molar-refractivity contribution in [2.24, 2.45) is 0 Å². The van der Waals surface area contributed by atoms with Crippen LogP contribution in [0, 0.1) is 5.82 Å². The van der Waals surface area contributed by atoms with Gasteiger partial charge < -0.3 is 15.0 Å². The van der Waals surface area contributed by atoms with Crippen molar-refractivity contribution in [2.45, 2.75) is 18.9 Å². The number of imidazole rings is 1. The zero-order chi connectivity index (χ0) is 13.2. The number of aromatic amines is 1. The molecule has 1 aromatic carbocycles. The minimum Gasteiger partial charge on any atom is -0.379 e. The van der Waals surface area contributed by atoms with Crippen LogP contribution in [0.15, 0.2) is 18.5 Å². The maximum absolute atomic E-state index is 13.5. The molecule has 19 heavy (non-hydrogen) atoms. The van der Waals surface area contributed by atoms with Gasteiger partial charge in [-0.15, -0.1) is 0 Å². The Bertz CT molecular complexity index is 605. The Hall–Kier alpha value is -1.95. The molecule has 0 unspecified atom stereocenters. The summed E-state index contributed by atoms with van der Waals surface area (Å²) < 4.78 is 18.8. The number of carbonyl (C=O) groups excluding carboxylic acids is 1. The van der Waals surface area contributed by atoms with Crippen molar-refractivity contribution >= 4 is 16.9 Å². The molecule has 1 fully saturated rings. The molecule has 1 aliphatic heterocycles. The van der Waals surface area contributed by atoms with Crippen LogP contribution >= 0.6 is 0 Å². The van der Waals surface area contributed by atoms with Crippen LogP contribution in [-0.2, 0) is 4.74 Å². The van der Waals surface area contributed by atoms with E-state index in [1.165, 1.54) is 18.5 Å². The van der Waals surface area contributed by atoms with Gasteiger partial charge in [-0.2, -0.15) is 0 Å². The number of rotatable bonds is 2. The van der Waals surface area contributed by atoms with Gasteiger partial charge in [0.1, 0.15) is 11.3 Å². The van der Waals surface area contributed by atoms with Crippen molar-refractivity contribution in [3.63, 3.8) is 0 Å². The van der Waals surface area contributed by atoms with Crippen LogP contribution in [0.4, 0.5) is 4.39 Å². The highest BCUT2D eigenvalue weighted by Gasteiger charge is 2.20. The van der Waals surface area contributed by atoms with E-state index >= 15 is 0 Å². The number of benzene rings is 1. The van der Waals surface area contributed by atoms with E-state index < -0.39 is 5.82 Å². The van der Waals surface area contributed by atoms with Gasteiger partial charge in [0.2, 0.25) is 0 Å². The molecule has 1 amide bonds. The Morgan fingerprint density at radius 2 is 2.42 bits per heavy atom. The molecule has 0 aliphatic carbocycles. The molecule has 1 saturated heterocycles. The van der Waals surface area contributed by atoms with Crippen LogP contribution in [-0.4, -0.2) is 35.1 Å². The number of ether oxygens (including phenoxy) is 1. The number of carbonyl (C=O) groups is 1. The van der Waals surface area contributed by atoms with Gasteiger partial charge in [-0.25, -0.2) is 9.37 Å². The molecule has 2 heterocycles. The van der Waals surface area contributed by atoms with Crippen molar-refractivity contribution in [2.75, 3.05) is 13.2 Å². The lowest BCUT2D eigenvalue weighted by molar-refractivity contribution is 0.0624. The van der Waals surface area contributed by atoms with E-state index in [1.807, 2.05) is 0 Å². The number of halogens is 1. The second-order valence-electron chi connectivity index (χ2n) is 4.64. The van der Waals surface area contributed by atoms with E-state index in [4.69, 9.17) is 4.74 Å². The maximum Gasteiger partial charge on any atom is 0.253 e. The SMILES string of the molecule is O=C(N[C@@H]1CCCOC1)c1cc(F)cc2[nH]cnc12. The van der Waals surface area contributed by atoms with Gasteiger partial charge in [0, 0.05) is 6.61 Å². The van der Waals surface area contributed by atoms with Crippen LogP contribution in [0.1, 0.15) is 23.2 Å². The summed E-state index contributed by atoms with van der Waals surface area (Å²) in [5, 5.41) is 2.86. The number of amides is 1. The monoisotopic (exact) mass is 263 g/mol. The lowest BCUT2D eigenvalue weighted by Crippen LogP contribution is -2.40. The second kappa shape index (κ2) is 4.97. The fraction of sp³-hybridized carbons (Fsp3) is 0.385. The molecular formula is C13H14FN3O2. The predicted molar refractivity (Wildman–Crippen MR) is 67.4 cm³/mol. The Kier molecular flexibility index (Phi) is 3.16. The van der Waals surface area contributed by atoms with Gasteiger partial charge in [-0.1, -0.05) is 0 Å². The van der Waals surface area contributed by atoms with Crippen LogP contribution < -0.4 is 5.32 Å². The minimum atomic E-state index is -0.457. The lowest BCUT2D eigenvalue weighted by atomic mass is 10.1. The Labute approximate surface area is 109 Å². The van der Waals surface area contributed by atoms with E-state index in [0.29, 0.717) is 17.6 Å². The summed E-state index contributed by atoms with van der Waals surface area (Å²) in [6.45, 7) is 1.24. The van der Waals surface area contributed by atoms with E-state index in [0.717, 1.165) is 19.4 Å². The maximum atomic E-state index is 13.5. The first-order chi connectivity index (χ1) is 9.24. The van der Waals surface area contributed by atoms with Gasteiger partial charge >= 0.3 is 0 Å².